The van der Waals surface area contributed by atoms with Gasteiger partial charge in [-0.2, -0.15) is 4.98 Å². The number of aryl methyl sites for hydroxylation is 1. The van der Waals surface area contributed by atoms with E-state index in [1.165, 1.54) is 0 Å². The zero-order valence-corrected chi connectivity index (χ0v) is 12.2. The Bertz CT molecular complexity index is 592. The number of nitrogens with zero attached hydrogens (tertiary/aromatic N) is 2. The number of nitrogens with one attached hydrogen (secondary N) is 1. The third-order valence-electron chi connectivity index (χ3n) is 2.41. The van der Waals surface area contributed by atoms with Crippen molar-refractivity contribution in [2.75, 3.05) is 11.9 Å². The lowest BCUT2D eigenvalue weighted by Gasteiger charge is -2.10. The standard InChI is InChI=1S/C13H13BrFN3O/c1-3-16-13-17-7-9(14)12(18-13)19-10-6-4-5-8(2)11(10)15/h4-7H,3H2,1-2H3,(H,16,17,18). The Balaban J connectivity index is 2.32. The summed E-state index contributed by atoms with van der Waals surface area (Å²) in [4.78, 5) is 8.24. The molecule has 1 N–H and O–H groups in total. The Morgan fingerprint density at radius 2 is 2.21 bits per heavy atom. The first-order chi connectivity index (χ1) is 9.11. The van der Waals surface area contributed by atoms with E-state index in [2.05, 4.69) is 31.2 Å². The van der Waals surface area contributed by atoms with Crippen molar-refractivity contribution in [1.82, 2.24) is 9.97 Å². The Morgan fingerprint density at radius 3 is 2.95 bits per heavy atom. The molecule has 0 aliphatic carbocycles. The highest BCUT2D eigenvalue weighted by Crippen LogP contribution is 2.30. The molecular formula is C13H13BrFN3O. The van der Waals surface area contributed by atoms with E-state index in [0.717, 1.165) is 0 Å². The molecule has 0 saturated carbocycles. The summed E-state index contributed by atoms with van der Waals surface area (Å²) in [7, 11) is 0. The van der Waals surface area contributed by atoms with Gasteiger partial charge in [0, 0.05) is 6.54 Å². The highest BCUT2D eigenvalue weighted by Gasteiger charge is 2.11. The van der Waals surface area contributed by atoms with Gasteiger partial charge in [0.05, 0.1) is 10.7 Å². The molecule has 19 heavy (non-hydrogen) atoms. The van der Waals surface area contributed by atoms with Gasteiger partial charge in [-0.3, -0.25) is 0 Å². The number of hydrogen-bond acceptors (Lipinski definition) is 4. The van der Waals surface area contributed by atoms with Gasteiger partial charge in [0.25, 0.3) is 0 Å². The molecule has 0 atom stereocenters. The maximum Gasteiger partial charge on any atom is 0.238 e. The van der Waals surface area contributed by atoms with Crippen molar-refractivity contribution in [2.45, 2.75) is 13.8 Å². The lowest BCUT2D eigenvalue weighted by molar-refractivity contribution is 0.422. The van der Waals surface area contributed by atoms with Crippen molar-refractivity contribution >= 4 is 21.9 Å². The van der Waals surface area contributed by atoms with Crippen molar-refractivity contribution in [1.29, 1.82) is 0 Å². The minimum absolute atomic E-state index is 0.141. The molecule has 6 heteroatoms. The summed E-state index contributed by atoms with van der Waals surface area (Å²) in [6, 6.07) is 4.97. The number of hydrogen-bond donors (Lipinski definition) is 1. The van der Waals surface area contributed by atoms with Gasteiger partial charge in [0.2, 0.25) is 11.8 Å². The molecule has 0 unspecified atom stereocenters. The van der Waals surface area contributed by atoms with E-state index in [9.17, 15) is 4.39 Å². The van der Waals surface area contributed by atoms with Crippen LogP contribution in [0.4, 0.5) is 10.3 Å². The fourth-order valence-electron chi connectivity index (χ4n) is 1.47. The third kappa shape index (κ3) is 3.20. The number of benzene rings is 1. The summed E-state index contributed by atoms with van der Waals surface area (Å²) >= 11 is 3.28. The smallest absolute Gasteiger partial charge is 0.238 e. The van der Waals surface area contributed by atoms with Crippen LogP contribution < -0.4 is 10.1 Å². The van der Waals surface area contributed by atoms with Crippen LogP contribution in [0.2, 0.25) is 0 Å². The zero-order chi connectivity index (χ0) is 13.8. The van der Waals surface area contributed by atoms with Gasteiger partial charge in [0.1, 0.15) is 0 Å². The van der Waals surface area contributed by atoms with Crippen LogP contribution >= 0.6 is 15.9 Å². The number of anilines is 1. The maximum atomic E-state index is 13.9. The molecule has 0 bridgehead atoms. The zero-order valence-electron chi connectivity index (χ0n) is 10.6. The van der Waals surface area contributed by atoms with E-state index in [1.807, 2.05) is 6.92 Å². The van der Waals surface area contributed by atoms with E-state index in [-0.39, 0.29) is 11.6 Å². The molecule has 1 heterocycles. The largest absolute Gasteiger partial charge is 0.435 e. The van der Waals surface area contributed by atoms with Crippen molar-refractivity contribution < 1.29 is 9.13 Å². The molecule has 2 aromatic rings. The van der Waals surface area contributed by atoms with Crippen LogP contribution in [0.5, 0.6) is 11.6 Å². The van der Waals surface area contributed by atoms with Crippen LogP contribution in [-0.2, 0) is 0 Å². The Morgan fingerprint density at radius 1 is 1.42 bits per heavy atom. The molecule has 0 amide bonds. The summed E-state index contributed by atoms with van der Waals surface area (Å²) in [6.45, 7) is 4.31. The lowest BCUT2D eigenvalue weighted by atomic mass is 10.2. The van der Waals surface area contributed by atoms with Crippen molar-refractivity contribution in [3.63, 3.8) is 0 Å². The van der Waals surface area contributed by atoms with E-state index in [0.29, 0.717) is 22.5 Å². The normalized spacial score (nSPS) is 10.3. The molecule has 1 aromatic heterocycles. The molecule has 0 aliphatic rings. The molecular weight excluding hydrogens is 313 g/mol. The molecule has 2 rings (SSSR count). The fraction of sp³-hybridized carbons (Fsp3) is 0.231. The highest BCUT2D eigenvalue weighted by atomic mass is 79.9. The molecule has 0 aliphatic heterocycles. The average Bonchev–Trinajstić information content (AvgIpc) is 2.39. The molecule has 0 spiro atoms. The second-order valence-electron chi connectivity index (χ2n) is 3.87. The Labute approximate surface area is 119 Å². The van der Waals surface area contributed by atoms with Gasteiger partial charge in [0.15, 0.2) is 11.6 Å². The van der Waals surface area contributed by atoms with Crippen LogP contribution in [-0.4, -0.2) is 16.5 Å². The lowest BCUT2D eigenvalue weighted by Crippen LogP contribution is -2.03. The highest BCUT2D eigenvalue weighted by molar-refractivity contribution is 9.10. The Kier molecular flexibility index (Phi) is 4.31. The average molecular weight is 326 g/mol. The summed E-state index contributed by atoms with van der Waals surface area (Å²) in [5.74, 6) is 0.462. The predicted octanol–water partition coefficient (Wildman–Crippen LogP) is 3.91. The molecule has 0 radical (unpaired) electrons. The van der Waals surface area contributed by atoms with Gasteiger partial charge in [-0.15, -0.1) is 0 Å². The maximum absolute atomic E-state index is 13.9. The molecule has 0 saturated heterocycles. The fourth-order valence-corrected chi connectivity index (χ4v) is 1.74. The van der Waals surface area contributed by atoms with Gasteiger partial charge >= 0.3 is 0 Å². The first-order valence-electron chi connectivity index (χ1n) is 5.81. The van der Waals surface area contributed by atoms with Crippen molar-refractivity contribution in [3.8, 4) is 11.6 Å². The topological polar surface area (TPSA) is 47.0 Å². The van der Waals surface area contributed by atoms with Gasteiger partial charge in [-0.05, 0) is 41.4 Å². The number of aromatic nitrogens is 2. The molecule has 4 nitrogen and oxygen atoms in total. The number of halogens is 2. The van der Waals surface area contributed by atoms with Crippen LogP contribution in [0.1, 0.15) is 12.5 Å². The number of ether oxygens (including phenoxy) is 1. The molecule has 100 valence electrons. The Hall–Kier alpha value is -1.69. The SMILES string of the molecule is CCNc1ncc(Br)c(Oc2cccc(C)c2F)n1. The third-order valence-corrected chi connectivity index (χ3v) is 2.95. The van der Waals surface area contributed by atoms with Crippen molar-refractivity contribution in [3.05, 3.63) is 40.2 Å². The quantitative estimate of drug-likeness (QED) is 0.925. The summed E-state index contributed by atoms with van der Waals surface area (Å²) in [5, 5.41) is 2.97. The molecule has 1 aromatic carbocycles. The van der Waals surface area contributed by atoms with E-state index < -0.39 is 5.82 Å². The van der Waals surface area contributed by atoms with Crippen LogP contribution in [0, 0.1) is 12.7 Å². The van der Waals surface area contributed by atoms with Gasteiger partial charge in [-0.25, -0.2) is 9.37 Å². The van der Waals surface area contributed by atoms with Gasteiger partial charge < -0.3 is 10.1 Å². The number of rotatable bonds is 4. The van der Waals surface area contributed by atoms with Crippen LogP contribution in [0.3, 0.4) is 0 Å². The molecule has 0 fully saturated rings. The second-order valence-corrected chi connectivity index (χ2v) is 4.72. The van der Waals surface area contributed by atoms with Crippen LogP contribution in [0.15, 0.2) is 28.9 Å². The second kappa shape index (κ2) is 5.97. The van der Waals surface area contributed by atoms with Crippen molar-refractivity contribution in [2.24, 2.45) is 0 Å². The van der Waals surface area contributed by atoms with Crippen LogP contribution in [0.25, 0.3) is 0 Å². The first kappa shape index (κ1) is 13.7. The van der Waals surface area contributed by atoms with E-state index in [1.54, 1.807) is 31.3 Å². The van der Waals surface area contributed by atoms with E-state index >= 15 is 0 Å². The minimum Gasteiger partial charge on any atom is -0.435 e. The summed E-state index contributed by atoms with van der Waals surface area (Å²) < 4.78 is 19.9. The summed E-state index contributed by atoms with van der Waals surface area (Å²) in [6.07, 6.45) is 1.56. The van der Waals surface area contributed by atoms with Gasteiger partial charge in [-0.1, -0.05) is 12.1 Å². The first-order valence-corrected chi connectivity index (χ1v) is 6.60. The minimum atomic E-state index is -0.391. The predicted molar refractivity (Wildman–Crippen MR) is 75.1 cm³/mol. The summed E-state index contributed by atoms with van der Waals surface area (Å²) in [5.41, 5.74) is 0.523. The van der Waals surface area contributed by atoms with E-state index in [4.69, 9.17) is 4.74 Å². The monoisotopic (exact) mass is 325 g/mol.